The molecule has 0 fully saturated rings. The molecule has 3 rings (SSSR count). The Morgan fingerprint density at radius 3 is 2.78 bits per heavy atom. The van der Waals surface area contributed by atoms with Gasteiger partial charge in [-0.3, -0.25) is 0 Å². The van der Waals surface area contributed by atoms with Crippen LogP contribution >= 0.6 is 11.8 Å². The third kappa shape index (κ3) is 4.30. The van der Waals surface area contributed by atoms with Crippen molar-refractivity contribution in [1.82, 2.24) is 0 Å². The molecule has 3 nitrogen and oxygen atoms in total. The molecule has 1 aromatic heterocycles. The number of hydrogen-bond donors (Lipinski definition) is 0. The van der Waals surface area contributed by atoms with E-state index >= 15 is 0 Å². The van der Waals surface area contributed by atoms with Crippen molar-refractivity contribution in [2.75, 3.05) is 25.2 Å². The van der Waals surface area contributed by atoms with E-state index in [1.165, 1.54) is 0 Å². The molecule has 23 heavy (non-hydrogen) atoms. The molecular formula is C19H20O3S. The van der Waals surface area contributed by atoms with Gasteiger partial charge in [0.2, 0.25) is 0 Å². The van der Waals surface area contributed by atoms with E-state index in [-0.39, 0.29) is 6.10 Å². The summed E-state index contributed by atoms with van der Waals surface area (Å²) < 4.78 is 17.3. The quantitative estimate of drug-likeness (QED) is 0.549. The van der Waals surface area contributed by atoms with E-state index in [4.69, 9.17) is 13.9 Å². The van der Waals surface area contributed by atoms with Gasteiger partial charge in [0.1, 0.15) is 17.4 Å². The van der Waals surface area contributed by atoms with Crippen LogP contribution < -0.4 is 4.74 Å². The molecule has 4 heteroatoms. The molecule has 120 valence electrons. The molecule has 1 unspecified atom stereocenters. The number of rotatable bonds is 8. The van der Waals surface area contributed by atoms with Gasteiger partial charge in [0.25, 0.3) is 0 Å². The van der Waals surface area contributed by atoms with Crippen molar-refractivity contribution in [2.24, 2.45) is 0 Å². The van der Waals surface area contributed by atoms with E-state index in [1.807, 2.05) is 42.5 Å². The van der Waals surface area contributed by atoms with Crippen molar-refractivity contribution >= 4 is 22.7 Å². The first-order valence-electron chi connectivity index (χ1n) is 7.62. The molecule has 0 spiro atoms. The second-order valence-electron chi connectivity index (χ2n) is 5.21. The molecule has 0 amide bonds. The maximum absolute atomic E-state index is 6.18. The number of ether oxygens (including phenoxy) is 2. The Morgan fingerprint density at radius 1 is 1.09 bits per heavy atom. The molecule has 0 saturated heterocycles. The Balaban J connectivity index is 1.74. The molecule has 0 aliphatic rings. The van der Waals surface area contributed by atoms with Crippen LogP contribution in [0.15, 0.2) is 65.3 Å². The van der Waals surface area contributed by atoms with Crippen molar-refractivity contribution in [3.05, 3.63) is 66.4 Å². The summed E-state index contributed by atoms with van der Waals surface area (Å²) in [5, 5.41) is 1.04. The Morgan fingerprint density at radius 2 is 1.96 bits per heavy atom. The maximum atomic E-state index is 6.18. The lowest BCUT2D eigenvalue weighted by Gasteiger charge is -2.20. The van der Waals surface area contributed by atoms with Crippen LogP contribution in [0.3, 0.4) is 0 Å². The Labute approximate surface area is 140 Å². The van der Waals surface area contributed by atoms with Crippen LogP contribution in [-0.2, 0) is 4.74 Å². The van der Waals surface area contributed by atoms with Gasteiger partial charge in [0, 0.05) is 11.1 Å². The molecule has 0 N–H and O–H groups in total. The molecular weight excluding hydrogens is 308 g/mol. The van der Waals surface area contributed by atoms with Crippen molar-refractivity contribution in [2.45, 2.75) is 6.10 Å². The highest BCUT2D eigenvalue weighted by Gasteiger charge is 2.14. The summed E-state index contributed by atoms with van der Waals surface area (Å²) in [6.45, 7) is 1.27. The van der Waals surface area contributed by atoms with Gasteiger partial charge in [-0.1, -0.05) is 30.3 Å². The fraction of sp³-hybridized carbons (Fsp3) is 0.263. The lowest BCUT2D eigenvalue weighted by atomic mass is 10.1. The van der Waals surface area contributed by atoms with Crippen molar-refractivity contribution in [3.63, 3.8) is 0 Å². The minimum absolute atomic E-state index is 0.123. The van der Waals surface area contributed by atoms with Crippen LogP contribution in [0.25, 0.3) is 11.0 Å². The summed E-state index contributed by atoms with van der Waals surface area (Å²) in [7, 11) is 0. The highest BCUT2D eigenvalue weighted by molar-refractivity contribution is 7.98. The maximum Gasteiger partial charge on any atom is 0.147 e. The van der Waals surface area contributed by atoms with E-state index in [9.17, 15) is 0 Å². The second-order valence-corrected chi connectivity index (χ2v) is 6.19. The Bertz CT molecular complexity index is 724. The number of fused-ring (bicyclic) bond motifs is 1. The first-order chi connectivity index (χ1) is 11.4. The Kier molecular flexibility index (Phi) is 5.61. The van der Waals surface area contributed by atoms with Crippen LogP contribution in [0.4, 0.5) is 0 Å². The third-order valence-corrected chi connectivity index (χ3v) is 4.15. The number of furan rings is 1. The first-order valence-corrected chi connectivity index (χ1v) is 9.02. The van der Waals surface area contributed by atoms with E-state index in [0.29, 0.717) is 6.61 Å². The number of thioether (sulfide) groups is 1. The highest BCUT2D eigenvalue weighted by Crippen LogP contribution is 2.26. The minimum Gasteiger partial charge on any atom is -0.483 e. The normalized spacial score (nSPS) is 12.4. The third-order valence-electron chi connectivity index (χ3n) is 3.57. The zero-order valence-corrected chi connectivity index (χ0v) is 13.9. The number of benzene rings is 2. The van der Waals surface area contributed by atoms with Gasteiger partial charge in [0.05, 0.1) is 19.5 Å². The largest absolute Gasteiger partial charge is 0.483 e. The molecule has 0 aliphatic carbocycles. The fourth-order valence-corrected chi connectivity index (χ4v) is 2.67. The van der Waals surface area contributed by atoms with Crippen LogP contribution in [0, 0.1) is 0 Å². The predicted octanol–water partition coefficient (Wildman–Crippen LogP) is 4.93. The topological polar surface area (TPSA) is 31.6 Å². The monoisotopic (exact) mass is 328 g/mol. The van der Waals surface area contributed by atoms with E-state index in [1.54, 1.807) is 18.0 Å². The van der Waals surface area contributed by atoms with Crippen molar-refractivity contribution < 1.29 is 13.9 Å². The molecule has 0 bridgehead atoms. The summed E-state index contributed by atoms with van der Waals surface area (Å²) >= 11 is 1.78. The summed E-state index contributed by atoms with van der Waals surface area (Å²) in [6.07, 6.45) is 3.64. The van der Waals surface area contributed by atoms with Gasteiger partial charge in [-0.25, -0.2) is 0 Å². The molecule has 3 aromatic rings. The number of hydrogen-bond acceptors (Lipinski definition) is 4. The zero-order valence-electron chi connectivity index (χ0n) is 13.1. The van der Waals surface area contributed by atoms with Crippen LogP contribution in [0.1, 0.15) is 11.7 Å². The minimum atomic E-state index is -0.123. The van der Waals surface area contributed by atoms with Crippen molar-refractivity contribution in [3.8, 4) is 5.75 Å². The lowest BCUT2D eigenvalue weighted by Crippen LogP contribution is -2.15. The average molecular weight is 328 g/mol. The SMILES string of the molecule is CSCCOCC(Oc1ccc2occc2c1)c1ccccc1. The van der Waals surface area contributed by atoms with Gasteiger partial charge >= 0.3 is 0 Å². The van der Waals surface area contributed by atoms with Gasteiger partial charge in [-0.2, -0.15) is 11.8 Å². The zero-order chi connectivity index (χ0) is 15.9. The Hall–Kier alpha value is -1.91. The summed E-state index contributed by atoms with van der Waals surface area (Å²) in [4.78, 5) is 0. The van der Waals surface area contributed by atoms with Crippen LogP contribution in [0.2, 0.25) is 0 Å². The predicted molar refractivity (Wildman–Crippen MR) is 95.2 cm³/mol. The molecule has 1 atom stereocenters. The van der Waals surface area contributed by atoms with Crippen molar-refractivity contribution in [1.29, 1.82) is 0 Å². The summed E-state index contributed by atoms with van der Waals surface area (Å²) in [5.74, 6) is 1.81. The van der Waals surface area contributed by atoms with Gasteiger partial charge in [-0.15, -0.1) is 0 Å². The average Bonchev–Trinajstić information content (AvgIpc) is 3.06. The summed E-state index contributed by atoms with van der Waals surface area (Å²) in [6, 6.07) is 18.0. The highest BCUT2D eigenvalue weighted by atomic mass is 32.2. The lowest BCUT2D eigenvalue weighted by molar-refractivity contribution is 0.0575. The molecule has 0 saturated carbocycles. The van der Waals surface area contributed by atoms with Gasteiger partial charge < -0.3 is 13.9 Å². The van der Waals surface area contributed by atoms with Gasteiger partial charge in [0.15, 0.2) is 0 Å². The van der Waals surface area contributed by atoms with Crippen LogP contribution in [-0.4, -0.2) is 25.2 Å². The van der Waals surface area contributed by atoms with E-state index in [2.05, 4.69) is 18.4 Å². The first kappa shape index (κ1) is 16.0. The smallest absolute Gasteiger partial charge is 0.147 e. The standard InChI is InChI=1S/C19H20O3S/c1-23-12-11-20-14-19(15-5-3-2-4-6-15)22-17-7-8-18-16(13-17)9-10-21-18/h2-10,13,19H,11-12,14H2,1H3. The molecule has 0 radical (unpaired) electrons. The van der Waals surface area contributed by atoms with E-state index < -0.39 is 0 Å². The molecule has 2 aromatic carbocycles. The second kappa shape index (κ2) is 8.09. The molecule has 0 aliphatic heterocycles. The molecule has 1 heterocycles. The van der Waals surface area contributed by atoms with Gasteiger partial charge in [-0.05, 0) is 36.1 Å². The van der Waals surface area contributed by atoms with E-state index in [0.717, 1.165) is 34.6 Å². The fourth-order valence-electron chi connectivity index (χ4n) is 2.38. The van der Waals surface area contributed by atoms with Crippen LogP contribution in [0.5, 0.6) is 5.75 Å². The summed E-state index contributed by atoms with van der Waals surface area (Å²) in [5.41, 5.74) is 1.98.